The zero-order valence-electron chi connectivity index (χ0n) is 37.7. The molecule has 2 fully saturated rings. The maximum atomic E-state index is 12.9. The predicted molar refractivity (Wildman–Crippen MR) is 235 cm³/mol. The largest absolute Gasteiger partial charge is 0.461 e. The van der Waals surface area contributed by atoms with Crippen LogP contribution in [0, 0.1) is 17.8 Å². The number of hydrogen-bond donors (Lipinski definition) is 2. The number of ketones is 3. The Bertz CT molecular complexity index is 2110. The highest BCUT2D eigenvalue weighted by molar-refractivity contribution is 5.96. The van der Waals surface area contributed by atoms with Crippen LogP contribution in [0.1, 0.15) is 102 Å². The second-order valence-corrected chi connectivity index (χ2v) is 15.7. The predicted octanol–water partition coefficient (Wildman–Crippen LogP) is 6.61. The van der Waals surface area contributed by atoms with Crippen LogP contribution in [0.5, 0.6) is 0 Å². The summed E-state index contributed by atoms with van der Waals surface area (Å²) >= 11 is 0. The van der Waals surface area contributed by atoms with Gasteiger partial charge < -0.3 is 34.3 Å². The van der Waals surface area contributed by atoms with Crippen molar-refractivity contribution in [2.45, 2.75) is 117 Å². The molecule has 3 aromatic rings. The Hall–Kier alpha value is -7.04. The van der Waals surface area contributed by atoms with Gasteiger partial charge >= 0.3 is 42.0 Å². The van der Waals surface area contributed by atoms with Crippen molar-refractivity contribution in [2.24, 2.45) is 17.8 Å². The summed E-state index contributed by atoms with van der Waals surface area (Å²) in [5.74, 6) is -4.27. The summed E-state index contributed by atoms with van der Waals surface area (Å²) in [5, 5.41) is 4.57. The summed E-state index contributed by atoms with van der Waals surface area (Å²) in [4.78, 5) is 116. The molecule has 0 aliphatic carbocycles. The van der Waals surface area contributed by atoms with Crippen LogP contribution in [-0.4, -0.2) is 71.5 Å². The number of rotatable bonds is 23. The van der Waals surface area contributed by atoms with Gasteiger partial charge in [0, 0.05) is 49.9 Å². The van der Waals surface area contributed by atoms with Gasteiger partial charge in [0.25, 0.3) is 0 Å². The molecule has 0 radical (unpaired) electrons. The molecule has 0 bridgehead atoms. The van der Waals surface area contributed by atoms with E-state index in [2.05, 4.69) is 20.1 Å². The number of cyclic esters (lactones) is 4. The third-order valence-electron chi connectivity index (χ3n) is 10.4. The molecular weight excluding hydrogens is 857 g/mol. The molecule has 2 amide bonds. The Labute approximate surface area is 383 Å². The molecule has 2 aliphatic heterocycles. The van der Waals surface area contributed by atoms with Crippen molar-refractivity contribution in [3.8, 4) is 0 Å². The Morgan fingerprint density at radius 2 is 1.00 bits per heavy atom. The number of hydrogen-bond acceptors (Lipinski definition) is 15. The van der Waals surface area contributed by atoms with E-state index in [1.165, 1.54) is 6.92 Å². The minimum atomic E-state index is -0.771. The van der Waals surface area contributed by atoms with Crippen molar-refractivity contribution in [3.05, 3.63) is 108 Å². The SMILES string of the molecule is CCC(CCC(=O)OCc1ccccc1)C(=O)CC(C)C(=O)CC(CCC(=O)OCc1ccccc1)C(C)=O.C[C@@H]1NC(=O)OC1=O.O=C(CC[C@@H]1NC(=O)OC1=O)OCc1ccccc1. The number of esters is 5. The highest BCUT2D eigenvalue weighted by Gasteiger charge is 2.33. The summed E-state index contributed by atoms with van der Waals surface area (Å²) in [6.07, 6.45) is 0.164. The van der Waals surface area contributed by atoms with Gasteiger partial charge in [0.05, 0.1) is 0 Å². The lowest BCUT2D eigenvalue weighted by molar-refractivity contribution is -0.146. The van der Waals surface area contributed by atoms with Crippen molar-refractivity contribution in [2.75, 3.05) is 0 Å². The number of alkyl carbamates (subject to hydrolysis) is 2. The molecule has 5 rings (SSSR count). The van der Waals surface area contributed by atoms with Crippen molar-refractivity contribution in [1.82, 2.24) is 10.6 Å². The number of amides is 2. The quantitative estimate of drug-likeness (QED) is 0.0578. The molecule has 0 saturated carbocycles. The fourth-order valence-electron chi connectivity index (χ4n) is 6.37. The van der Waals surface area contributed by atoms with Crippen LogP contribution in [0.3, 0.4) is 0 Å². The van der Waals surface area contributed by atoms with E-state index in [4.69, 9.17) is 14.2 Å². The van der Waals surface area contributed by atoms with E-state index in [1.54, 1.807) is 13.8 Å². The van der Waals surface area contributed by atoms with Gasteiger partial charge in [-0.05, 0) is 56.2 Å². The molecule has 2 N–H and O–H groups in total. The van der Waals surface area contributed by atoms with Crippen LogP contribution in [0.25, 0.3) is 0 Å². The smallest absolute Gasteiger partial charge is 0.415 e. The topological polar surface area (TPSA) is 241 Å². The van der Waals surface area contributed by atoms with E-state index in [0.717, 1.165) is 16.7 Å². The minimum Gasteiger partial charge on any atom is -0.461 e. The van der Waals surface area contributed by atoms with E-state index in [-0.39, 0.29) is 94.0 Å². The number of nitrogens with one attached hydrogen (secondary N) is 2. The molecular formula is C49H58N2O15. The lowest BCUT2D eigenvalue weighted by Gasteiger charge is -2.18. The van der Waals surface area contributed by atoms with E-state index in [9.17, 15) is 47.9 Å². The lowest BCUT2D eigenvalue weighted by Crippen LogP contribution is -2.29. The van der Waals surface area contributed by atoms with Gasteiger partial charge in [-0.25, -0.2) is 19.2 Å². The Morgan fingerprint density at radius 1 is 0.576 bits per heavy atom. The van der Waals surface area contributed by atoms with Crippen molar-refractivity contribution in [1.29, 1.82) is 0 Å². The van der Waals surface area contributed by atoms with E-state index in [0.29, 0.717) is 12.8 Å². The molecule has 2 heterocycles. The van der Waals surface area contributed by atoms with E-state index in [1.807, 2.05) is 97.9 Å². The first kappa shape index (κ1) is 53.3. The molecule has 354 valence electrons. The monoisotopic (exact) mass is 914 g/mol. The minimum absolute atomic E-state index is 0.0155. The maximum absolute atomic E-state index is 12.9. The van der Waals surface area contributed by atoms with Crippen molar-refractivity contribution >= 4 is 59.4 Å². The second-order valence-electron chi connectivity index (χ2n) is 15.7. The number of carbonyl (C=O) groups excluding carboxylic acids is 10. The fraction of sp³-hybridized carbons (Fsp3) is 0.429. The third kappa shape index (κ3) is 20.6. The van der Waals surface area contributed by atoms with Crippen LogP contribution in [0.2, 0.25) is 0 Å². The van der Waals surface area contributed by atoms with Gasteiger partial charge in [-0.2, -0.15) is 0 Å². The number of carbonyl (C=O) groups is 10. The van der Waals surface area contributed by atoms with E-state index >= 15 is 0 Å². The molecule has 2 saturated heterocycles. The van der Waals surface area contributed by atoms with Gasteiger partial charge in [-0.15, -0.1) is 0 Å². The van der Waals surface area contributed by atoms with Gasteiger partial charge in [-0.1, -0.05) is 105 Å². The average Bonchev–Trinajstić information content (AvgIpc) is 3.80. The van der Waals surface area contributed by atoms with Gasteiger partial charge in [0.1, 0.15) is 49.3 Å². The molecule has 0 spiro atoms. The van der Waals surface area contributed by atoms with Crippen LogP contribution in [0.15, 0.2) is 91.0 Å². The molecule has 17 heteroatoms. The molecule has 66 heavy (non-hydrogen) atoms. The molecule has 17 nitrogen and oxygen atoms in total. The summed E-state index contributed by atoms with van der Waals surface area (Å²) in [5.41, 5.74) is 2.66. The van der Waals surface area contributed by atoms with Crippen LogP contribution < -0.4 is 10.6 Å². The second kappa shape index (κ2) is 28.7. The molecule has 3 unspecified atom stereocenters. The molecule has 0 aromatic heterocycles. The summed E-state index contributed by atoms with van der Waals surface area (Å²) in [6.45, 7) is 7.09. The van der Waals surface area contributed by atoms with Gasteiger partial charge in [0.15, 0.2) is 0 Å². The molecule has 2 aliphatic rings. The van der Waals surface area contributed by atoms with Crippen LogP contribution >= 0.6 is 0 Å². The number of benzene rings is 3. The molecule has 3 aromatic carbocycles. The average molecular weight is 915 g/mol. The molecule has 5 atom stereocenters. The first-order chi connectivity index (χ1) is 31.5. The highest BCUT2D eigenvalue weighted by Crippen LogP contribution is 2.22. The Kier molecular flexibility index (Phi) is 23.2. The first-order valence-corrected chi connectivity index (χ1v) is 21.7. The summed E-state index contributed by atoms with van der Waals surface area (Å²) < 4.78 is 24.0. The van der Waals surface area contributed by atoms with Gasteiger partial charge in [-0.3, -0.25) is 28.8 Å². The van der Waals surface area contributed by atoms with Crippen molar-refractivity contribution in [3.63, 3.8) is 0 Å². The standard InChI is InChI=1S/C32H40O7.C13H13NO5.C4H5NO3/c1-4-27(15-17-31(36)38-21-25-11-7-5-8-12-25)30(35)19-23(2)29(34)20-28(24(3)33)16-18-32(37)39-22-26-13-9-6-10-14-26;15-11(18-8-9-4-2-1-3-5-9)7-6-10-12(16)19-13(17)14-10;1-2-3(6)8-4(7)5-2/h5-14,23,27-28H,4,15-22H2,1-3H3;1-5,10H,6-8H2,(H,14,17);2H,1H3,(H,5,7)/t;10-;2-/m.00/s1. The summed E-state index contributed by atoms with van der Waals surface area (Å²) in [7, 11) is 0. The zero-order valence-corrected chi connectivity index (χ0v) is 37.7. The Morgan fingerprint density at radius 3 is 1.36 bits per heavy atom. The lowest BCUT2D eigenvalue weighted by atomic mass is 9.84. The number of Topliss-reactive ketones (excluding diaryl/α,β-unsaturated/α-hetero) is 3. The van der Waals surface area contributed by atoms with Crippen LogP contribution in [-0.2, 0) is 81.9 Å². The third-order valence-corrected chi connectivity index (χ3v) is 10.4. The number of ether oxygens (including phenoxy) is 5. The highest BCUT2D eigenvalue weighted by atomic mass is 16.6. The van der Waals surface area contributed by atoms with Crippen LogP contribution in [0.4, 0.5) is 9.59 Å². The maximum Gasteiger partial charge on any atom is 0.415 e. The van der Waals surface area contributed by atoms with Gasteiger partial charge in [0.2, 0.25) is 0 Å². The Balaban J connectivity index is 0.000000348. The van der Waals surface area contributed by atoms with Crippen molar-refractivity contribution < 1.29 is 71.6 Å². The first-order valence-electron chi connectivity index (χ1n) is 21.7. The zero-order chi connectivity index (χ0) is 48.4. The fourth-order valence-corrected chi connectivity index (χ4v) is 6.37. The van der Waals surface area contributed by atoms with E-state index < -0.39 is 60.0 Å². The summed E-state index contributed by atoms with van der Waals surface area (Å²) in [6, 6.07) is 26.7. The normalized spacial score (nSPS) is 16.2.